The van der Waals surface area contributed by atoms with E-state index in [2.05, 4.69) is 40.6 Å². The van der Waals surface area contributed by atoms with E-state index in [4.69, 9.17) is 15.2 Å². The lowest BCUT2D eigenvalue weighted by atomic mass is 9.84. The van der Waals surface area contributed by atoms with Crippen LogP contribution in [0.15, 0.2) is 39.1 Å². The minimum Gasteiger partial charge on any atom is -0.410 e. The molecular weight excluding hydrogens is 518 g/mol. The molecule has 0 aliphatic carbocycles. The average Bonchev–Trinajstić information content (AvgIpc) is 2.66. The van der Waals surface area contributed by atoms with E-state index in [9.17, 15) is 13.6 Å². The van der Waals surface area contributed by atoms with Gasteiger partial charge in [-0.1, -0.05) is 68.1 Å². The number of hydrogen-bond donors (Lipinski definition) is 1. The number of aliphatic imine (C=N–C) groups is 1. The molecule has 0 fully saturated rings. The van der Waals surface area contributed by atoms with Crippen LogP contribution in [0.1, 0.15) is 26.3 Å². The van der Waals surface area contributed by atoms with Crippen molar-refractivity contribution in [3.8, 4) is 0 Å². The second-order valence-electron chi connectivity index (χ2n) is 9.97. The first-order valence-electron chi connectivity index (χ1n) is 10.2. The van der Waals surface area contributed by atoms with Crippen LogP contribution in [0.5, 0.6) is 0 Å². The van der Waals surface area contributed by atoms with E-state index in [1.165, 1.54) is 24.3 Å². The number of ether oxygens (including phenoxy) is 2. The van der Waals surface area contributed by atoms with Gasteiger partial charge in [0.05, 0.1) is 0 Å². The Morgan fingerprint density at radius 3 is 2.50 bits per heavy atom. The summed E-state index contributed by atoms with van der Waals surface area (Å²) in [5.74, 6) is -2.26. The molecule has 178 valence electrons. The zero-order valence-electron chi connectivity index (χ0n) is 19.3. The fourth-order valence-corrected chi connectivity index (χ4v) is 5.48. The number of carbonyl (C=O) groups is 1. The van der Waals surface area contributed by atoms with Gasteiger partial charge in [0.15, 0.2) is 0 Å². The molecule has 0 radical (unpaired) electrons. The highest BCUT2D eigenvalue weighted by Crippen LogP contribution is 2.45. The van der Waals surface area contributed by atoms with E-state index in [1.807, 2.05) is 20.8 Å². The lowest BCUT2D eigenvalue weighted by Crippen LogP contribution is -2.56. The number of benzene rings is 1. The predicted molar refractivity (Wildman–Crippen MR) is 133 cm³/mol. The summed E-state index contributed by atoms with van der Waals surface area (Å²) >= 11 is 4.46. The van der Waals surface area contributed by atoms with Crippen LogP contribution in [0, 0.1) is 11.2 Å². The van der Waals surface area contributed by atoms with Crippen LogP contribution in [0.4, 0.5) is 13.6 Å². The third kappa shape index (κ3) is 6.01. The Kier molecular flexibility index (Phi) is 8.40. The van der Waals surface area contributed by atoms with Crippen LogP contribution < -0.4 is 5.73 Å². The van der Waals surface area contributed by atoms with Crippen LogP contribution in [0.3, 0.4) is 0 Å². The Morgan fingerprint density at radius 2 is 1.97 bits per heavy atom. The number of halogens is 3. The summed E-state index contributed by atoms with van der Waals surface area (Å²) in [5.41, 5.74) is 3.06. The van der Waals surface area contributed by atoms with Gasteiger partial charge >= 0.3 is 6.09 Å². The van der Waals surface area contributed by atoms with Crippen molar-refractivity contribution in [1.29, 1.82) is 0 Å². The summed E-state index contributed by atoms with van der Waals surface area (Å²) in [6.07, 6.45) is 0.469. The van der Waals surface area contributed by atoms with E-state index in [0.717, 1.165) is 17.8 Å². The summed E-state index contributed by atoms with van der Waals surface area (Å²) in [4.78, 5) is 16.6. The van der Waals surface area contributed by atoms with Crippen LogP contribution in [-0.2, 0) is 15.0 Å². The Labute approximate surface area is 202 Å². The van der Waals surface area contributed by atoms with E-state index in [0.29, 0.717) is 11.1 Å². The summed E-state index contributed by atoms with van der Waals surface area (Å²) in [6, 6.07) is 5.08. The first kappa shape index (κ1) is 27.0. The third-order valence-electron chi connectivity index (χ3n) is 5.09. The molecule has 1 unspecified atom stereocenters. The smallest absolute Gasteiger partial charge is 0.407 e. The highest BCUT2D eigenvalue weighted by atomic mass is 79.9. The van der Waals surface area contributed by atoms with Crippen molar-refractivity contribution in [2.24, 2.45) is 16.1 Å². The average molecular weight is 550 g/mol. The Balaban J connectivity index is 2.66. The van der Waals surface area contributed by atoms with Crippen molar-refractivity contribution in [1.82, 2.24) is 0 Å². The van der Waals surface area contributed by atoms with Crippen molar-refractivity contribution < 1.29 is 23.0 Å². The van der Waals surface area contributed by atoms with Crippen molar-refractivity contribution in [2.45, 2.75) is 57.8 Å². The second kappa shape index (κ2) is 9.95. The number of primary amides is 1. The van der Waals surface area contributed by atoms with Crippen LogP contribution >= 0.6 is 27.7 Å². The third-order valence-corrected chi connectivity index (χ3v) is 8.15. The molecule has 1 aromatic rings. The Morgan fingerprint density at radius 1 is 1.31 bits per heavy atom. The molecule has 2 atom stereocenters. The van der Waals surface area contributed by atoms with Crippen LogP contribution in [0.25, 0.3) is 0 Å². The predicted octanol–water partition coefficient (Wildman–Crippen LogP) is 6.60. The lowest BCUT2D eigenvalue weighted by Gasteiger charge is -2.44. The molecule has 1 aliphatic heterocycles. The zero-order chi connectivity index (χ0) is 24.4. The molecule has 0 aromatic heterocycles. The van der Waals surface area contributed by atoms with Gasteiger partial charge in [-0.3, -0.25) is 4.99 Å². The molecule has 2 rings (SSSR count). The standard InChI is InChI=1S/C22H31BrF2N2O3SSi/c1-20(2,3)22(30-19(26)28,29-10-12-32(4,5)6)18-27-21(14-24,9-11-31-18)16-13-15(23)7-8-17(16)25/h7-9,11,13H,10,12,14H2,1-6H3,(H2,26,28)/t21?,22-/m1/s1. The molecule has 0 saturated heterocycles. The van der Waals surface area contributed by atoms with Crippen molar-refractivity contribution in [3.05, 3.63) is 45.5 Å². The number of rotatable bonds is 8. The molecule has 0 bridgehead atoms. The molecule has 0 saturated carbocycles. The molecule has 2 N–H and O–H groups in total. The van der Waals surface area contributed by atoms with E-state index in [-0.39, 0.29) is 10.6 Å². The largest absolute Gasteiger partial charge is 0.410 e. The number of hydrogen-bond acceptors (Lipinski definition) is 5. The number of thioether (sulfide) groups is 1. The van der Waals surface area contributed by atoms with Crippen molar-refractivity contribution in [3.63, 3.8) is 0 Å². The van der Waals surface area contributed by atoms with Gasteiger partial charge in [0, 0.05) is 30.1 Å². The maximum absolute atomic E-state index is 14.8. The quantitative estimate of drug-likeness (QED) is 0.293. The number of amides is 1. The molecule has 1 aliphatic rings. The maximum atomic E-state index is 14.8. The first-order valence-corrected chi connectivity index (χ1v) is 15.6. The Bertz CT molecular complexity index is 917. The van der Waals surface area contributed by atoms with Gasteiger partial charge in [0.2, 0.25) is 0 Å². The monoisotopic (exact) mass is 548 g/mol. The van der Waals surface area contributed by atoms with E-state index >= 15 is 0 Å². The van der Waals surface area contributed by atoms with E-state index < -0.39 is 43.4 Å². The SMILES string of the molecule is CC(C)(C)[C@](OCC[Si](C)(C)C)(OC(N)=O)C1=NC(CF)(c2cc(Br)ccc2F)C=CS1. The van der Waals surface area contributed by atoms with Gasteiger partial charge in [0.1, 0.15) is 23.1 Å². The maximum Gasteiger partial charge on any atom is 0.407 e. The summed E-state index contributed by atoms with van der Waals surface area (Å²) < 4.78 is 41.7. The van der Waals surface area contributed by atoms with Crippen molar-refractivity contribution >= 4 is 46.9 Å². The summed E-state index contributed by atoms with van der Waals surface area (Å²) in [6.45, 7) is 11.4. The molecular formula is C22H31BrF2N2O3SSi. The molecule has 1 aromatic carbocycles. The van der Waals surface area contributed by atoms with Crippen LogP contribution in [0.2, 0.25) is 25.7 Å². The number of alkyl halides is 1. The minimum absolute atomic E-state index is 0.0624. The summed E-state index contributed by atoms with van der Waals surface area (Å²) in [7, 11) is -1.48. The van der Waals surface area contributed by atoms with Gasteiger partial charge in [-0.05, 0) is 35.7 Å². The molecule has 10 heteroatoms. The highest BCUT2D eigenvalue weighted by molar-refractivity contribution is 9.10. The highest BCUT2D eigenvalue weighted by Gasteiger charge is 2.54. The van der Waals surface area contributed by atoms with Gasteiger partial charge < -0.3 is 15.2 Å². The fourth-order valence-electron chi connectivity index (χ4n) is 3.20. The topological polar surface area (TPSA) is 73.9 Å². The molecule has 0 spiro atoms. The van der Waals surface area contributed by atoms with Gasteiger partial charge in [-0.2, -0.15) is 0 Å². The number of nitrogens with zero attached hydrogens (tertiary/aromatic N) is 1. The number of nitrogens with two attached hydrogens (primary N) is 1. The molecule has 1 heterocycles. The summed E-state index contributed by atoms with van der Waals surface area (Å²) in [5, 5.41) is 1.83. The van der Waals surface area contributed by atoms with Gasteiger partial charge in [-0.25, -0.2) is 13.6 Å². The van der Waals surface area contributed by atoms with Crippen LogP contribution in [-0.4, -0.2) is 38.3 Å². The lowest BCUT2D eigenvalue weighted by molar-refractivity contribution is -0.202. The van der Waals surface area contributed by atoms with Crippen molar-refractivity contribution in [2.75, 3.05) is 13.3 Å². The molecule has 32 heavy (non-hydrogen) atoms. The molecule has 1 amide bonds. The zero-order valence-corrected chi connectivity index (χ0v) is 22.7. The Hall–Kier alpha value is -1.23. The van der Waals surface area contributed by atoms with Gasteiger partial charge in [-0.15, -0.1) is 0 Å². The molecule has 5 nitrogen and oxygen atoms in total. The second-order valence-corrected chi connectivity index (χ2v) is 17.4. The fraction of sp³-hybridized carbons (Fsp3) is 0.545. The van der Waals surface area contributed by atoms with Gasteiger partial charge in [0.25, 0.3) is 5.79 Å². The normalized spacial score (nSPS) is 21.1. The van der Waals surface area contributed by atoms with E-state index in [1.54, 1.807) is 5.41 Å². The minimum atomic E-state index is -1.67. The first-order chi connectivity index (χ1) is 14.7. The number of carbonyl (C=O) groups excluding carboxylic acids is 1.